The molecule has 6 heteroatoms. The van der Waals surface area contributed by atoms with Crippen LogP contribution in [0, 0.1) is 12.8 Å². The van der Waals surface area contributed by atoms with Crippen molar-refractivity contribution in [1.29, 1.82) is 0 Å². The smallest absolute Gasteiger partial charge is 0.227 e. The van der Waals surface area contributed by atoms with Gasteiger partial charge in [0.1, 0.15) is 5.52 Å². The summed E-state index contributed by atoms with van der Waals surface area (Å²) in [6, 6.07) is 13.1. The Morgan fingerprint density at radius 1 is 1.31 bits per heavy atom. The summed E-state index contributed by atoms with van der Waals surface area (Å²) in [7, 11) is 0. The maximum absolute atomic E-state index is 12.3. The van der Waals surface area contributed by atoms with Gasteiger partial charge in [-0.2, -0.15) is 0 Å². The molecule has 0 saturated carbocycles. The summed E-state index contributed by atoms with van der Waals surface area (Å²) in [5.74, 6) is 0.274. The lowest BCUT2D eigenvalue weighted by molar-refractivity contribution is -0.121. The van der Waals surface area contributed by atoms with Crippen LogP contribution in [0.2, 0.25) is 0 Å². The molecule has 2 aromatic carbocycles. The number of hydrogen-bond donors (Lipinski definition) is 2. The number of benzene rings is 2. The van der Waals surface area contributed by atoms with Crippen LogP contribution in [0.25, 0.3) is 11.1 Å². The summed E-state index contributed by atoms with van der Waals surface area (Å²) >= 11 is 0. The molecule has 26 heavy (non-hydrogen) atoms. The predicted octanol–water partition coefficient (Wildman–Crippen LogP) is 3.67. The van der Waals surface area contributed by atoms with Crippen LogP contribution >= 0.6 is 0 Å². The lowest BCUT2D eigenvalue weighted by atomic mass is 9.89. The Kier molecular flexibility index (Phi) is 4.16. The zero-order chi connectivity index (χ0) is 18.1. The SMILES string of the molecule is Cc1nc2cc(NC(=O)CCC3Cc4ccccc4NC3=O)ccc2o1. The monoisotopic (exact) mass is 349 g/mol. The van der Waals surface area contributed by atoms with Gasteiger partial charge in [-0.15, -0.1) is 0 Å². The minimum absolute atomic E-state index is 0.0176. The third-order valence-corrected chi connectivity index (χ3v) is 4.61. The topological polar surface area (TPSA) is 84.2 Å². The zero-order valence-electron chi connectivity index (χ0n) is 14.4. The Morgan fingerprint density at radius 3 is 3.04 bits per heavy atom. The van der Waals surface area contributed by atoms with Crippen LogP contribution in [-0.2, 0) is 16.0 Å². The molecule has 2 heterocycles. The van der Waals surface area contributed by atoms with E-state index in [0.717, 1.165) is 11.3 Å². The third kappa shape index (κ3) is 3.31. The van der Waals surface area contributed by atoms with E-state index >= 15 is 0 Å². The average Bonchev–Trinajstić information content (AvgIpc) is 2.99. The van der Waals surface area contributed by atoms with E-state index in [1.165, 1.54) is 0 Å². The molecule has 1 aromatic heterocycles. The fourth-order valence-corrected chi connectivity index (χ4v) is 3.30. The number of carbonyl (C=O) groups is 2. The number of nitrogens with zero attached hydrogens (tertiary/aromatic N) is 1. The van der Waals surface area contributed by atoms with Gasteiger partial charge in [0.05, 0.1) is 0 Å². The predicted molar refractivity (Wildman–Crippen MR) is 98.9 cm³/mol. The van der Waals surface area contributed by atoms with Gasteiger partial charge in [-0.25, -0.2) is 4.98 Å². The highest BCUT2D eigenvalue weighted by atomic mass is 16.3. The second-order valence-electron chi connectivity index (χ2n) is 6.55. The fraction of sp³-hybridized carbons (Fsp3) is 0.250. The van der Waals surface area contributed by atoms with E-state index < -0.39 is 0 Å². The fourth-order valence-electron chi connectivity index (χ4n) is 3.30. The van der Waals surface area contributed by atoms with Crippen molar-refractivity contribution >= 4 is 34.3 Å². The Bertz CT molecular complexity index is 993. The van der Waals surface area contributed by atoms with Gasteiger partial charge >= 0.3 is 0 Å². The number of nitrogens with one attached hydrogen (secondary N) is 2. The second-order valence-corrected chi connectivity index (χ2v) is 6.55. The molecule has 3 aromatic rings. The lowest BCUT2D eigenvalue weighted by Crippen LogP contribution is -2.30. The highest BCUT2D eigenvalue weighted by Crippen LogP contribution is 2.27. The molecule has 1 aliphatic heterocycles. The van der Waals surface area contributed by atoms with Gasteiger partial charge in [-0.3, -0.25) is 9.59 Å². The molecule has 0 bridgehead atoms. The van der Waals surface area contributed by atoms with E-state index in [2.05, 4.69) is 15.6 Å². The van der Waals surface area contributed by atoms with Crippen LogP contribution in [0.15, 0.2) is 46.9 Å². The van der Waals surface area contributed by atoms with E-state index in [0.29, 0.717) is 35.5 Å². The number of aromatic nitrogens is 1. The number of aryl methyl sites for hydroxylation is 1. The summed E-state index contributed by atoms with van der Waals surface area (Å²) in [6.45, 7) is 1.78. The van der Waals surface area contributed by atoms with Crippen molar-refractivity contribution in [2.75, 3.05) is 10.6 Å². The minimum Gasteiger partial charge on any atom is -0.441 e. The molecule has 1 atom stereocenters. The molecule has 0 radical (unpaired) electrons. The molecule has 2 N–H and O–H groups in total. The van der Waals surface area contributed by atoms with Gasteiger partial charge in [0.25, 0.3) is 0 Å². The number of carbonyl (C=O) groups excluding carboxylic acids is 2. The number of para-hydroxylation sites is 1. The first-order valence-corrected chi connectivity index (χ1v) is 8.64. The maximum Gasteiger partial charge on any atom is 0.227 e. The van der Waals surface area contributed by atoms with Gasteiger partial charge in [0.15, 0.2) is 11.5 Å². The third-order valence-electron chi connectivity index (χ3n) is 4.61. The van der Waals surface area contributed by atoms with Gasteiger partial charge in [-0.05, 0) is 42.7 Å². The molecule has 6 nitrogen and oxygen atoms in total. The summed E-state index contributed by atoms with van der Waals surface area (Å²) in [5, 5.41) is 5.78. The van der Waals surface area contributed by atoms with Crippen LogP contribution in [0.1, 0.15) is 24.3 Å². The van der Waals surface area contributed by atoms with Crippen molar-refractivity contribution in [2.45, 2.75) is 26.2 Å². The summed E-state index contributed by atoms with van der Waals surface area (Å²) in [6.07, 6.45) is 1.47. The van der Waals surface area contributed by atoms with Crippen molar-refractivity contribution in [3.8, 4) is 0 Å². The molecule has 4 rings (SSSR count). The highest BCUT2D eigenvalue weighted by molar-refractivity contribution is 5.97. The summed E-state index contributed by atoms with van der Waals surface area (Å²) in [4.78, 5) is 28.7. The first-order chi connectivity index (χ1) is 12.6. The van der Waals surface area contributed by atoms with E-state index in [4.69, 9.17) is 4.42 Å². The molecule has 0 saturated heterocycles. The lowest BCUT2D eigenvalue weighted by Gasteiger charge is -2.24. The molecule has 1 aliphatic rings. The molecule has 2 amide bonds. The van der Waals surface area contributed by atoms with Crippen LogP contribution in [-0.4, -0.2) is 16.8 Å². The van der Waals surface area contributed by atoms with E-state index in [-0.39, 0.29) is 24.2 Å². The highest BCUT2D eigenvalue weighted by Gasteiger charge is 2.26. The largest absolute Gasteiger partial charge is 0.441 e. The average molecular weight is 349 g/mol. The first-order valence-electron chi connectivity index (χ1n) is 8.64. The van der Waals surface area contributed by atoms with Crippen LogP contribution in [0.4, 0.5) is 11.4 Å². The van der Waals surface area contributed by atoms with Crippen LogP contribution in [0.5, 0.6) is 0 Å². The number of anilines is 2. The number of rotatable bonds is 4. The number of oxazole rings is 1. The number of hydrogen-bond acceptors (Lipinski definition) is 4. The second kappa shape index (κ2) is 6.63. The zero-order valence-corrected chi connectivity index (χ0v) is 14.4. The first kappa shape index (κ1) is 16.3. The number of fused-ring (bicyclic) bond motifs is 2. The Balaban J connectivity index is 1.37. The normalized spacial score (nSPS) is 16.2. The van der Waals surface area contributed by atoms with Crippen molar-refractivity contribution in [3.63, 3.8) is 0 Å². The van der Waals surface area contributed by atoms with E-state index in [9.17, 15) is 9.59 Å². The van der Waals surface area contributed by atoms with Gasteiger partial charge in [0, 0.05) is 30.6 Å². The molecule has 132 valence electrons. The van der Waals surface area contributed by atoms with E-state index in [1.807, 2.05) is 24.3 Å². The van der Waals surface area contributed by atoms with Crippen LogP contribution in [0.3, 0.4) is 0 Å². The van der Waals surface area contributed by atoms with Crippen molar-refractivity contribution < 1.29 is 14.0 Å². The molecule has 0 spiro atoms. The van der Waals surface area contributed by atoms with Crippen LogP contribution < -0.4 is 10.6 Å². The Labute approximate surface area is 150 Å². The molecule has 1 unspecified atom stereocenters. The summed E-state index contributed by atoms with van der Waals surface area (Å²) in [5.41, 5.74) is 4.06. The standard InChI is InChI=1S/C20H19N3O3/c1-12-21-17-11-15(7-8-18(17)26-12)22-19(24)9-6-14-10-13-4-2-3-5-16(13)23-20(14)25/h2-5,7-8,11,14H,6,9-10H2,1H3,(H,22,24)(H,23,25). The molecular weight excluding hydrogens is 330 g/mol. The van der Waals surface area contributed by atoms with Crippen molar-refractivity contribution in [3.05, 3.63) is 53.9 Å². The maximum atomic E-state index is 12.3. The van der Waals surface area contributed by atoms with Gasteiger partial charge in [0.2, 0.25) is 11.8 Å². The summed E-state index contributed by atoms with van der Waals surface area (Å²) < 4.78 is 5.43. The number of amides is 2. The van der Waals surface area contributed by atoms with Gasteiger partial charge < -0.3 is 15.1 Å². The quantitative estimate of drug-likeness (QED) is 0.753. The Hall–Kier alpha value is -3.15. The Morgan fingerprint density at radius 2 is 2.15 bits per heavy atom. The van der Waals surface area contributed by atoms with E-state index in [1.54, 1.807) is 25.1 Å². The molecule has 0 aliphatic carbocycles. The van der Waals surface area contributed by atoms with Gasteiger partial charge in [-0.1, -0.05) is 18.2 Å². The minimum atomic E-state index is -0.184. The van der Waals surface area contributed by atoms with Crippen molar-refractivity contribution in [1.82, 2.24) is 4.98 Å². The molecule has 0 fully saturated rings. The van der Waals surface area contributed by atoms with Crippen molar-refractivity contribution in [2.24, 2.45) is 5.92 Å². The molecular formula is C20H19N3O3.